The third-order valence-corrected chi connectivity index (χ3v) is 3.30. The van der Waals surface area contributed by atoms with Gasteiger partial charge in [-0.1, -0.05) is 24.3 Å². The molecule has 17 heavy (non-hydrogen) atoms. The van der Waals surface area contributed by atoms with E-state index in [2.05, 4.69) is 33.1 Å². The van der Waals surface area contributed by atoms with Crippen LogP contribution in [0.3, 0.4) is 0 Å². The molecule has 0 spiro atoms. The molecular weight excluding hydrogens is 230 g/mol. The molecule has 0 atom stereocenters. The third kappa shape index (κ3) is 2.26. The zero-order valence-electron chi connectivity index (χ0n) is 9.05. The first-order valence-electron chi connectivity index (χ1n) is 5.33. The monoisotopic (exact) mass is 241 g/mol. The van der Waals surface area contributed by atoms with Crippen LogP contribution in [0.15, 0.2) is 59.6 Å². The van der Waals surface area contributed by atoms with Gasteiger partial charge in [0.05, 0.1) is 11.7 Å². The minimum absolute atomic E-state index is 1.06. The van der Waals surface area contributed by atoms with E-state index in [9.17, 15) is 0 Å². The van der Waals surface area contributed by atoms with Crippen LogP contribution >= 0.6 is 11.9 Å². The number of H-pyrrole nitrogens is 1. The first-order chi connectivity index (χ1) is 8.42. The van der Waals surface area contributed by atoms with Crippen LogP contribution < -0.4 is 4.72 Å². The lowest BCUT2D eigenvalue weighted by Gasteiger charge is -2.04. The molecule has 3 nitrogen and oxygen atoms in total. The van der Waals surface area contributed by atoms with Gasteiger partial charge in [-0.2, -0.15) is 5.10 Å². The molecule has 0 unspecified atom stereocenters. The summed E-state index contributed by atoms with van der Waals surface area (Å²) in [5, 5.41) is 8.11. The summed E-state index contributed by atoms with van der Waals surface area (Å²) in [4.78, 5) is 1.16. The molecule has 3 rings (SSSR count). The Morgan fingerprint density at radius 2 is 1.94 bits per heavy atom. The maximum Gasteiger partial charge on any atom is 0.0662 e. The molecule has 0 aliphatic carbocycles. The number of benzene rings is 2. The van der Waals surface area contributed by atoms with Crippen molar-refractivity contribution in [2.45, 2.75) is 4.90 Å². The normalized spacial score (nSPS) is 10.6. The second kappa shape index (κ2) is 4.51. The van der Waals surface area contributed by atoms with E-state index in [1.54, 1.807) is 11.9 Å². The van der Waals surface area contributed by atoms with Crippen molar-refractivity contribution in [2.75, 3.05) is 4.72 Å². The molecule has 0 aliphatic heterocycles. The van der Waals surface area contributed by atoms with Crippen molar-refractivity contribution in [3.05, 3.63) is 54.7 Å². The molecule has 0 fully saturated rings. The lowest BCUT2D eigenvalue weighted by molar-refractivity contribution is 1.12. The van der Waals surface area contributed by atoms with Gasteiger partial charge < -0.3 is 4.72 Å². The summed E-state index contributed by atoms with van der Waals surface area (Å²) in [5.41, 5.74) is 2.16. The molecular formula is C13H11N3S. The fraction of sp³-hybridized carbons (Fsp3) is 0. The molecule has 0 saturated heterocycles. The summed E-state index contributed by atoms with van der Waals surface area (Å²) >= 11 is 1.59. The van der Waals surface area contributed by atoms with Crippen LogP contribution in [-0.2, 0) is 0 Å². The van der Waals surface area contributed by atoms with Crippen molar-refractivity contribution in [1.29, 1.82) is 0 Å². The van der Waals surface area contributed by atoms with Crippen molar-refractivity contribution >= 4 is 28.5 Å². The standard InChI is InChI=1S/C13H11N3S/c1-2-4-11(5-3-1)16-17-12-7-6-10-9-14-15-13(10)8-12/h1-9,16H,(H,14,15). The topological polar surface area (TPSA) is 40.7 Å². The maximum absolute atomic E-state index is 4.01. The van der Waals surface area contributed by atoms with Crippen LogP contribution in [0, 0.1) is 0 Å². The highest BCUT2D eigenvalue weighted by Gasteiger charge is 1.99. The van der Waals surface area contributed by atoms with Gasteiger partial charge in [-0.05, 0) is 36.2 Å². The number of rotatable bonds is 3. The Kier molecular flexibility index (Phi) is 2.71. The Morgan fingerprint density at radius 3 is 2.82 bits per heavy atom. The molecule has 0 bridgehead atoms. The smallest absolute Gasteiger partial charge is 0.0662 e. The highest BCUT2D eigenvalue weighted by molar-refractivity contribution is 8.00. The Balaban J connectivity index is 1.76. The van der Waals surface area contributed by atoms with E-state index in [1.165, 1.54) is 0 Å². The quantitative estimate of drug-likeness (QED) is 0.687. The lowest BCUT2D eigenvalue weighted by Crippen LogP contribution is -1.85. The lowest BCUT2D eigenvalue weighted by atomic mass is 10.3. The molecule has 0 saturated carbocycles. The number of nitrogens with zero attached hydrogens (tertiary/aromatic N) is 1. The van der Waals surface area contributed by atoms with Gasteiger partial charge in [0.25, 0.3) is 0 Å². The second-order valence-electron chi connectivity index (χ2n) is 3.69. The summed E-state index contributed by atoms with van der Waals surface area (Å²) in [6, 6.07) is 16.4. The van der Waals surface area contributed by atoms with Gasteiger partial charge in [0.1, 0.15) is 0 Å². The van der Waals surface area contributed by atoms with Crippen LogP contribution in [0.2, 0.25) is 0 Å². The molecule has 2 aromatic carbocycles. The minimum atomic E-state index is 1.06. The van der Waals surface area contributed by atoms with Crippen LogP contribution in [0.5, 0.6) is 0 Å². The van der Waals surface area contributed by atoms with Crippen LogP contribution in [-0.4, -0.2) is 10.2 Å². The highest BCUT2D eigenvalue weighted by Crippen LogP contribution is 2.23. The summed E-state index contributed by atoms with van der Waals surface area (Å²) in [6.07, 6.45) is 1.83. The Labute approximate surface area is 103 Å². The molecule has 4 heteroatoms. The summed E-state index contributed by atoms with van der Waals surface area (Å²) in [5.74, 6) is 0. The second-order valence-corrected chi connectivity index (χ2v) is 4.57. The molecule has 2 N–H and O–H groups in total. The van der Waals surface area contributed by atoms with Gasteiger partial charge in [-0.15, -0.1) is 0 Å². The van der Waals surface area contributed by atoms with E-state index in [1.807, 2.05) is 36.5 Å². The van der Waals surface area contributed by atoms with Gasteiger partial charge in [-0.3, -0.25) is 5.10 Å². The number of aromatic nitrogens is 2. The first-order valence-corrected chi connectivity index (χ1v) is 6.14. The molecule has 0 amide bonds. The Bertz CT molecular complexity index is 619. The van der Waals surface area contributed by atoms with E-state index in [4.69, 9.17) is 0 Å². The van der Waals surface area contributed by atoms with E-state index >= 15 is 0 Å². The summed E-state index contributed by atoms with van der Waals surface area (Å²) in [7, 11) is 0. The van der Waals surface area contributed by atoms with Gasteiger partial charge in [0.15, 0.2) is 0 Å². The molecule has 3 aromatic rings. The number of anilines is 1. The molecule has 1 aromatic heterocycles. The fourth-order valence-corrected chi connectivity index (χ4v) is 2.29. The zero-order valence-corrected chi connectivity index (χ0v) is 9.87. The SMILES string of the molecule is c1ccc(NSc2ccc3cn[nH]c3c2)cc1. The van der Waals surface area contributed by atoms with Crippen LogP contribution in [0.4, 0.5) is 5.69 Å². The summed E-state index contributed by atoms with van der Waals surface area (Å²) < 4.78 is 3.30. The Hall–Kier alpha value is -1.94. The largest absolute Gasteiger partial charge is 0.326 e. The maximum atomic E-state index is 4.01. The fourth-order valence-electron chi connectivity index (χ4n) is 1.60. The van der Waals surface area contributed by atoms with Crippen molar-refractivity contribution in [3.8, 4) is 0 Å². The summed E-state index contributed by atoms with van der Waals surface area (Å²) in [6.45, 7) is 0. The number of hydrogen-bond acceptors (Lipinski definition) is 3. The van der Waals surface area contributed by atoms with Crippen molar-refractivity contribution < 1.29 is 0 Å². The highest BCUT2D eigenvalue weighted by atomic mass is 32.2. The number of para-hydroxylation sites is 1. The van der Waals surface area contributed by atoms with E-state index in [0.717, 1.165) is 21.5 Å². The zero-order chi connectivity index (χ0) is 11.5. The number of aromatic amines is 1. The Morgan fingerprint density at radius 1 is 1.06 bits per heavy atom. The van der Waals surface area contributed by atoms with Gasteiger partial charge in [0, 0.05) is 16.0 Å². The average Bonchev–Trinajstić information content (AvgIpc) is 2.85. The molecule has 84 valence electrons. The third-order valence-electron chi connectivity index (χ3n) is 2.47. The van der Waals surface area contributed by atoms with E-state index in [0.29, 0.717) is 0 Å². The average molecular weight is 241 g/mol. The minimum Gasteiger partial charge on any atom is -0.326 e. The van der Waals surface area contributed by atoms with Gasteiger partial charge in [-0.25, -0.2) is 0 Å². The molecule has 0 aliphatic rings. The van der Waals surface area contributed by atoms with Crippen LogP contribution in [0.1, 0.15) is 0 Å². The number of fused-ring (bicyclic) bond motifs is 1. The predicted molar refractivity (Wildman–Crippen MR) is 72.0 cm³/mol. The van der Waals surface area contributed by atoms with E-state index in [-0.39, 0.29) is 0 Å². The van der Waals surface area contributed by atoms with Gasteiger partial charge in [0.2, 0.25) is 0 Å². The van der Waals surface area contributed by atoms with Crippen molar-refractivity contribution in [1.82, 2.24) is 10.2 Å². The predicted octanol–water partition coefficient (Wildman–Crippen LogP) is 3.68. The van der Waals surface area contributed by atoms with Crippen molar-refractivity contribution in [3.63, 3.8) is 0 Å². The van der Waals surface area contributed by atoms with Crippen LogP contribution in [0.25, 0.3) is 10.9 Å². The van der Waals surface area contributed by atoms with Gasteiger partial charge >= 0.3 is 0 Å². The number of nitrogens with one attached hydrogen (secondary N) is 2. The molecule has 0 radical (unpaired) electrons. The van der Waals surface area contributed by atoms with E-state index < -0.39 is 0 Å². The number of hydrogen-bond donors (Lipinski definition) is 2. The first kappa shape index (κ1) is 10.2. The van der Waals surface area contributed by atoms with Crippen molar-refractivity contribution in [2.24, 2.45) is 0 Å². The molecule has 1 heterocycles.